The summed E-state index contributed by atoms with van der Waals surface area (Å²) in [4.78, 5) is 19.1. The predicted molar refractivity (Wildman–Crippen MR) is 86.6 cm³/mol. The van der Waals surface area contributed by atoms with Crippen LogP contribution in [0, 0.1) is 5.92 Å². The molecule has 0 fully saturated rings. The maximum absolute atomic E-state index is 12.1. The first-order chi connectivity index (χ1) is 10.5. The van der Waals surface area contributed by atoms with Gasteiger partial charge in [-0.05, 0) is 24.5 Å². The summed E-state index contributed by atoms with van der Waals surface area (Å²) in [5.74, 6) is 0.836. The van der Waals surface area contributed by atoms with Gasteiger partial charge in [0.05, 0.1) is 31.4 Å². The van der Waals surface area contributed by atoms with Gasteiger partial charge in [0.15, 0.2) is 0 Å². The molecule has 0 saturated heterocycles. The van der Waals surface area contributed by atoms with Crippen molar-refractivity contribution in [3.05, 3.63) is 30.7 Å². The van der Waals surface area contributed by atoms with Gasteiger partial charge < -0.3 is 20.8 Å². The van der Waals surface area contributed by atoms with Crippen LogP contribution in [0.5, 0.6) is 5.75 Å². The number of ether oxygens (including phenoxy) is 1. The number of aromatic nitrogens is 2. The molecule has 22 heavy (non-hydrogen) atoms. The molecular formula is C16H22N4O2. The number of nitrogens with one attached hydrogen (secondary N) is 2. The maximum atomic E-state index is 12.1. The van der Waals surface area contributed by atoms with Gasteiger partial charge >= 0.3 is 0 Å². The molecule has 118 valence electrons. The van der Waals surface area contributed by atoms with Gasteiger partial charge in [-0.3, -0.25) is 4.79 Å². The molecule has 6 heteroatoms. The Morgan fingerprint density at radius 1 is 1.45 bits per heavy atom. The van der Waals surface area contributed by atoms with E-state index in [0.29, 0.717) is 23.8 Å². The molecule has 0 bridgehead atoms. The molecule has 1 aromatic heterocycles. The molecule has 1 aromatic carbocycles. The Labute approximate surface area is 130 Å². The fourth-order valence-electron chi connectivity index (χ4n) is 2.24. The van der Waals surface area contributed by atoms with Crippen LogP contribution in [0.25, 0.3) is 11.3 Å². The third kappa shape index (κ3) is 3.85. The molecular weight excluding hydrogens is 280 g/mol. The quantitative estimate of drug-likeness (QED) is 0.764. The lowest BCUT2D eigenvalue weighted by Gasteiger charge is -2.15. The average Bonchev–Trinajstić information content (AvgIpc) is 3.00. The number of amides is 1. The highest BCUT2D eigenvalue weighted by Gasteiger charge is 2.16. The zero-order valence-corrected chi connectivity index (χ0v) is 13.1. The minimum atomic E-state index is -0.515. The summed E-state index contributed by atoms with van der Waals surface area (Å²) in [5, 5.41) is 2.82. The molecule has 1 atom stereocenters. The molecule has 0 aliphatic carbocycles. The number of carbonyl (C=O) groups is 1. The number of imidazole rings is 1. The van der Waals surface area contributed by atoms with Crippen LogP contribution in [0.1, 0.15) is 20.3 Å². The largest absolute Gasteiger partial charge is 0.496 e. The number of rotatable bonds is 6. The smallest absolute Gasteiger partial charge is 0.241 e. The fourth-order valence-corrected chi connectivity index (χ4v) is 2.24. The molecule has 1 heterocycles. The standard InChI is InChI=1S/C16H22N4O2/c1-10(2)6-13(17)16(21)20-11-4-5-12(15(7-11)22-3)14-8-18-9-19-14/h4-5,7-10,13H,6,17H2,1-3H3,(H,18,19)(H,20,21). The van der Waals surface area contributed by atoms with Crippen LogP contribution >= 0.6 is 0 Å². The lowest BCUT2D eigenvalue weighted by Crippen LogP contribution is -2.36. The summed E-state index contributed by atoms with van der Waals surface area (Å²) in [5.41, 5.74) is 8.28. The van der Waals surface area contributed by atoms with E-state index < -0.39 is 6.04 Å². The van der Waals surface area contributed by atoms with Gasteiger partial charge in [-0.25, -0.2) is 4.98 Å². The van der Waals surface area contributed by atoms with Crippen LogP contribution in [0.2, 0.25) is 0 Å². The highest BCUT2D eigenvalue weighted by atomic mass is 16.5. The Morgan fingerprint density at radius 3 is 2.82 bits per heavy atom. The van der Waals surface area contributed by atoms with E-state index in [1.54, 1.807) is 25.7 Å². The second-order valence-electron chi connectivity index (χ2n) is 5.61. The van der Waals surface area contributed by atoms with Crippen LogP contribution in [-0.2, 0) is 4.79 Å². The van der Waals surface area contributed by atoms with E-state index in [1.165, 1.54) is 0 Å². The number of aromatic amines is 1. The molecule has 2 aromatic rings. The average molecular weight is 302 g/mol. The summed E-state index contributed by atoms with van der Waals surface area (Å²) in [6.45, 7) is 4.07. The number of anilines is 1. The summed E-state index contributed by atoms with van der Waals surface area (Å²) in [7, 11) is 1.59. The van der Waals surface area contributed by atoms with Gasteiger partial charge in [-0.1, -0.05) is 13.8 Å². The Morgan fingerprint density at radius 2 is 2.23 bits per heavy atom. The monoisotopic (exact) mass is 302 g/mol. The Hall–Kier alpha value is -2.34. The van der Waals surface area contributed by atoms with Crippen molar-refractivity contribution >= 4 is 11.6 Å². The van der Waals surface area contributed by atoms with Gasteiger partial charge in [-0.2, -0.15) is 0 Å². The van der Waals surface area contributed by atoms with Crippen molar-refractivity contribution in [2.45, 2.75) is 26.3 Å². The molecule has 0 aliphatic rings. The molecule has 1 unspecified atom stereocenters. The highest BCUT2D eigenvalue weighted by molar-refractivity contribution is 5.95. The molecule has 0 radical (unpaired) electrons. The third-order valence-electron chi connectivity index (χ3n) is 3.32. The number of hydrogen-bond acceptors (Lipinski definition) is 4. The van der Waals surface area contributed by atoms with E-state index in [4.69, 9.17) is 10.5 Å². The zero-order valence-electron chi connectivity index (χ0n) is 13.1. The minimum Gasteiger partial charge on any atom is -0.496 e. The molecule has 0 aliphatic heterocycles. The van der Waals surface area contributed by atoms with E-state index in [9.17, 15) is 4.79 Å². The van der Waals surface area contributed by atoms with E-state index >= 15 is 0 Å². The number of nitrogens with two attached hydrogens (primary N) is 1. The van der Waals surface area contributed by atoms with Crippen molar-refractivity contribution in [3.8, 4) is 17.0 Å². The van der Waals surface area contributed by atoms with Crippen molar-refractivity contribution in [1.29, 1.82) is 0 Å². The normalized spacial score (nSPS) is 12.2. The second-order valence-corrected chi connectivity index (χ2v) is 5.61. The molecule has 1 amide bonds. The predicted octanol–water partition coefficient (Wildman–Crippen LogP) is 2.40. The molecule has 6 nitrogen and oxygen atoms in total. The number of benzene rings is 1. The van der Waals surface area contributed by atoms with E-state index in [-0.39, 0.29) is 5.91 Å². The van der Waals surface area contributed by atoms with Crippen LogP contribution < -0.4 is 15.8 Å². The molecule has 0 saturated carbocycles. The molecule has 0 spiro atoms. The summed E-state index contributed by atoms with van der Waals surface area (Å²) < 4.78 is 5.39. The van der Waals surface area contributed by atoms with Crippen molar-refractivity contribution in [3.63, 3.8) is 0 Å². The first-order valence-corrected chi connectivity index (χ1v) is 7.24. The number of nitrogens with zero attached hydrogens (tertiary/aromatic N) is 1. The fraction of sp³-hybridized carbons (Fsp3) is 0.375. The van der Waals surface area contributed by atoms with E-state index in [0.717, 1.165) is 11.3 Å². The number of H-pyrrole nitrogens is 1. The summed E-state index contributed by atoms with van der Waals surface area (Å²) >= 11 is 0. The van der Waals surface area contributed by atoms with Crippen LogP contribution in [0.15, 0.2) is 30.7 Å². The topological polar surface area (TPSA) is 93.0 Å². The molecule has 4 N–H and O–H groups in total. The van der Waals surface area contributed by atoms with E-state index in [2.05, 4.69) is 15.3 Å². The first-order valence-electron chi connectivity index (χ1n) is 7.24. The van der Waals surface area contributed by atoms with Crippen LogP contribution in [0.4, 0.5) is 5.69 Å². The SMILES string of the molecule is COc1cc(NC(=O)C(N)CC(C)C)ccc1-c1cnc[nH]1. The zero-order chi connectivity index (χ0) is 16.1. The highest BCUT2D eigenvalue weighted by Crippen LogP contribution is 2.31. The lowest BCUT2D eigenvalue weighted by molar-refractivity contribution is -0.117. The van der Waals surface area contributed by atoms with Crippen molar-refractivity contribution in [2.24, 2.45) is 11.7 Å². The lowest BCUT2D eigenvalue weighted by atomic mass is 10.0. The Kier molecular flexibility index (Phi) is 5.16. The van der Waals surface area contributed by atoms with Crippen molar-refractivity contribution < 1.29 is 9.53 Å². The second kappa shape index (κ2) is 7.09. The van der Waals surface area contributed by atoms with Crippen LogP contribution in [-0.4, -0.2) is 29.0 Å². The van der Waals surface area contributed by atoms with Gasteiger partial charge in [0.25, 0.3) is 0 Å². The number of hydrogen-bond donors (Lipinski definition) is 3. The number of methoxy groups -OCH3 is 1. The van der Waals surface area contributed by atoms with Gasteiger partial charge in [0.2, 0.25) is 5.91 Å². The van der Waals surface area contributed by atoms with Crippen molar-refractivity contribution in [1.82, 2.24) is 9.97 Å². The molecule has 2 rings (SSSR count). The summed E-state index contributed by atoms with van der Waals surface area (Å²) in [6.07, 6.45) is 3.97. The van der Waals surface area contributed by atoms with Crippen LogP contribution in [0.3, 0.4) is 0 Å². The summed E-state index contributed by atoms with van der Waals surface area (Å²) in [6, 6.07) is 4.95. The van der Waals surface area contributed by atoms with Gasteiger partial charge in [0.1, 0.15) is 5.75 Å². The van der Waals surface area contributed by atoms with Gasteiger partial charge in [0, 0.05) is 17.3 Å². The minimum absolute atomic E-state index is 0.190. The Balaban J connectivity index is 2.15. The first kappa shape index (κ1) is 16.0. The van der Waals surface area contributed by atoms with Gasteiger partial charge in [-0.15, -0.1) is 0 Å². The Bertz CT molecular complexity index is 623. The maximum Gasteiger partial charge on any atom is 0.241 e. The van der Waals surface area contributed by atoms with E-state index in [1.807, 2.05) is 26.0 Å². The third-order valence-corrected chi connectivity index (χ3v) is 3.32. The number of carbonyl (C=O) groups excluding carboxylic acids is 1. The van der Waals surface area contributed by atoms with Crippen molar-refractivity contribution in [2.75, 3.05) is 12.4 Å².